The fourth-order valence-electron chi connectivity index (χ4n) is 2.08. The number of hydrogen-bond acceptors (Lipinski definition) is 4. The molecule has 0 spiro atoms. The monoisotopic (exact) mass is 369 g/mol. The molecule has 25 heavy (non-hydrogen) atoms. The highest BCUT2D eigenvalue weighted by molar-refractivity contribution is 7.89. The number of halogens is 2. The molecule has 0 saturated carbocycles. The van der Waals surface area contributed by atoms with Crippen molar-refractivity contribution in [1.82, 2.24) is 5.32 Å². The third-order valence-corrected chi connectivity index (χ3v) is 4.28. The molecule has 0 fully saturated rings. The summed E-state index contributed by atoms with van der Waals surface area (Å²) in [5.41, 5.74) is 0.369. The van der Waals surface area contributed by atoms with E-state index in [1.165, 1.54) is 18.2 Å². The first kappa shape index (κ1) is 19.0. The Balaban J connectivity index is 1.78. The van der Waals surface area contributed by atoms with Gasteiger partial charge in [0.2, 0.25) is 15.9 Å². The van der Waals surface area contributed by atoms with Gasteiger partial charge in [0.25, 0.3) is 0 Å². The number of hydrogen-bond donors (Lipinski definition) is 3. The molecule has 2 rings (SSSR count). The summed E-state index contributed by atoms with van der Waals surface area (Å²) in [6.07, 6.45) is 0.534. The van der Waals surface area contributed by atoms with E-state index in [1.807, 2.05) is 0 Å². The van der Waals surface area contributed by atoms with Crippen LogP contribution in [-0.4, -0.2) is 27.4 Å². The largest absolute Gasteiger partial charge is 0.320 e. The predicted octanol–water partition coefficient (Wildman–Crippen LogP) is 1.38. The van der Waals surface area contributed by atoms with Gasteiger partial charge in [-0.3, -0.25) is 4.79 Å². The van der Waals surface area contributed by atoms with E-state index in [1.54, 1.807) is 12.1 Å². The molecular formula is C16H17F2N3O3S. The zero-order chi connectivity index (χ0) is 18.4. The summed E-state index contributed by atoms with van der Waals surface area (Å²) in [6, 6.07) is 9.36. The Morgan fingerprint density at radius 1 is 1.04 bits per heavy atom. The summed E-state index contributed by atoms with van der Waals surface area (Å²) >= 11 is 0. The second kappa shape index (κ2) is 8.15. The second-order valence-corrected chi connectivity index (χ2v) is 6.82. The third-order valence-electron chi connectivity index (χ3n) is 3.36. The maximum atomic E-state index is 13.4. The van der Waals surface area contributed by atoms with Crippen LogP contribution >= 0.6 is 0 Å². The highest BCUT2D eigenvalue weighted by Crippen LogP contribution is 2.17. The number of benzene rings is 2. The SMILES string of the molecule is NS(=O)(=O)c1ccc(CCNCC(=O)Nc2c(F)cccc2F)cc1. The normalized spacial score (nSPS) is 11.3. The maximum absolute atomic E-state index is 13.4. The van der Waals surface area contributed by atoms with Gasteiger partial charge in [-0.25, -0.2) is 22.3 Å². The fourth-order valence-corrected chi connectivity index (χ4v) is 2.60. The lowest BCUT2D eigenvalue weighted by atomic mass is 10.1. The van der Waals surface area contributed by atoms with Gasteiger partial charge in [-0.05, 0) is 42.8 Å². The molecular weight excluding hydrogens is 352 g/mol. The highest BCUT2D eigenvalue weighted by atomic mass is 32.2. The van der Waals surface area contributed by atoms with Crippen LogP contribution in [0.25, 0.3) is 0 Å². The average molecular weight is 369 g/mol. The van der Waals surface area contributed by atoms with E-state index in [0.29, 0.717) is 13.0 Å². The molecule has 0 aromatic heterocycles. The molecule has 9 heteroatoms. The van der Waals surface area contributed by atoms with Gasteiger partial charge in [-0.2, -0.15) is 0 Å². The van der Waals surface area contributed by atoms with Gasteiger partial charge < -0.3 is 10.6 Å². The van der Waals surface area contributed by atoms with Gasteiger partial charge in [-0.15, -0.1) is 0 Å². The zero-order valence-electron chi connectivity index (χ0n) is 13.1. The van der Waals surface area contributed by atoms with Crippen molar-refractivity contribution in [2.45, 2.75) is 11.3 Å². The zero-order valence-corrected chi connectivity index (χ0v) is 13.9. The second-order valence-electron chi connectivity index (χ2n) is 5.26. The lowest BCUT2D eigenvalue weighted by Gasteiger charge is -2.08. The lowest BCUT2D eigenvalue weighted by molar-refractivity contribution is -0.115. The minimum Gasteiger partial charge on any atom is -0.320 e. The van der Waals surface area contributed by atoms with Crippen LogP contribution in [0.2, 0.25) is 0 Å². The van der Waals surface area contributed by atoms with Gasteiger partial charge in [0, 0.05) is 0 Å². The van der Waals surface area contributed by atoms with Gasteiger partial charge >= 0.3 is 0 Å². The Morgan fingerprint density at radius 3 is 2.20 bits per heavy atom. The number of nitrogens with two attached hydrogens (primary N) is 1. The number of rotatable bonds is 7. The first-order valence-corrected chi connectivity index (χ1v) is 8.88. The number of carbonyl (C=O) groups excluding carboxylic acids is 1. The van der Waals surface area contributed by atoms with E-state index in [2.05, 4.69) is 10.6 Å². The molecule has 6 nitrogen and oxygen atoms in total. The molecule has 0 radical (unpaired) electrons. The molecule has 0 heterocycles. The molecule has 0 saturated heterocycles. The quantitative estimate of drug-likeness (QED) is 0.642. The molecule has 0 bridgehead atoms. The van der Waals surface area contributed by atoms with Crippen LogP contribution < -0.4 is 15.8 Å². The molecule has 0 aliphatic rings. The van der Waals surface area contributed by atoms with Crippen molar-refractivity contribution >= 4 is 21.6 Å². The summed E-state index contributed by atoms with van der Waals surface area (Å²) in [4.78, 5) is 11.7. The minimum absolute atomic E-state index is 0.0236. The van der Waals surface area contributed by atoms with Crippen molar-refractivity contribution in [2.24, 2.45) is 5.14 Å². The Bertz CT molecular complexity index is 835. The van der Waals surface area contributed by atoms with E-state index in [-0.39, 0.29) is 11.4 Å². The number of carbonyl (C=O) groups is 1. The molecule has 4 N–H and O–H groups in total. The number of sulfonamides is 1. The summed E-state index contributed by atoms with van der Waals surface area (Å²) in [5.74, 6) is -2.26. The third kappa shape index (κ3) is 5.59. The predicted molar refractivity (Wildman–Crippen MR) is 89.4 cm³/mol. The number of primary sulfonamides is 1. The molecule has 134 valence electrons. The van der Waals surface area contributed by atoms with Gasteiger partial charge in [-0.1, -0.05) is 18.2 Å². The number of para-hydroxylation sites is 1. The van der Waals surface area contributed by atoms with Crippen molar-refractivity contribution in [3.8, 4) is 0 Å². The topological polar surface area (TPSA) is 101 Å². The van der Waals surface area contributed by atoms with Gasteiger partial charge in [0.1, 0.15) is 17.3 Å². The van der Waals surface area contributed by atoms with Crippen LogP contribution in [0.15, 0.2) is 47.4 Å². The van der Waals surface area contributed by atoms with Crippen LogP contribution in [0.1, 0.15) is 5.56 Å². The Morgan fingerprint density at radius 2 is 1.64 bits per heavy atom. The standard InChI is InChI=1S/C16H17F2N3O3S/c17-13-2-1-3-14(18)16(13)21-15(22)10-20-9-8-11-4-6-12(7-5-11)25(19,23)24/h1-7,20H,8-10H2,(H,21,22)(H2,19,23,24). The molecule has 2 aromatic rings. The number of nitrogens with one attached hydrogen (secondary N) is 2. The average Bonchev–Trinajstić information content (AvgIpc) is 2.55. The lowest BCUT2D eigenvalue weighted by Crippen LogP contribution is -2.30. The van der Waals surface area contributed by atoms with Crippen molar-refractivity contribution < 1.29 is 22.0 Å². The summed E-state index contributed by atoms with van der Waals surface area (Å²) in [5, 5.41) is 10.0. The number of anilines is 1. The summed E-state index contributed by atoms with van der Waals surface area (Å²) in [7, 11) is -3.72. The van der Waals surface area contributed by atoms with E-state index in [4.69, 9.17) is 5.14 Å². The molecule has 2 aromatic carbocycles. The van der Waals surface area contributed by atoms with E-state index in [0.717, 1.165) is 17.7 Å². The van der Waals surface area contributed by atoms with Crippen molar-refractivity contribution in [3.05, 3.63) is 59.7 Å². The van der Waals surface area contributed by atoms with E-state index >= 15 is 0 Å². The molecule has 1 amide bonds. The van der Waals surface area contributed by atoms with E-state index < -0.39 is 33.3 Å². The van der Waals surface area contributed by atoms with Crippen LogP contribution in [0.4, 0.5) is 14.5 Å². The Labute approximate surface area is 144 Å². The first-order chi connectivity index (χ1) is 11.8. The van der Waals surface area contributed by atoms with Crippen LogP contribution in [0.3, 0.4) is 0 Å². The highest BCUT2D eigenvalue weighted by Gasteiger charge is 2.11. The Kier molecular flexibility index (Phi) is 6.18. The Hall–Kier alpha value is -2.36. The minimum atomic E-state index is -3.72. The van der Waals surface area contributed by atoms with Crippen LogP contribution in [0, 0.1) is 11.6 Å². The summed E-state index contributed by atoms with van der Waals surface area (Å²) < 4.78 is 49.1. The summed E-state index contributed by atoms with van der Waals surface area (Å²) in [6.45, 7) is 0.297. The van der Waals surface area contributed by atoms with Gasteiger partial charge in [0.05, 0.1) is 11.4 Å². The van der Waals surface area contributed by atoms with Crippen LogP contribution in [-0.2, 0) is 21.2 Å². The van der Waals surface area contributed by atoms with Crippen molar-refractivity contribution in [2.75, 3.05) is 18.4 Å². The molecule has 0 aliphatic carbocycles. The smallest absolute Gasteiger partial charge is 0.238 e. The first-order valence-electron chi connectivity index (χ1n) is 7.33. The molecule has 0 atom stereocenters. The van der Waals surface area contributed by atoms with E-state index in [9.17, 15) is 22.0 Å². The fraction of sp³-hybridized carbons (Fsp3) is 0.188. The number of amides is 1. The molecule has 0 unspecified atom stereocenters. The van der Waals surface area contributed by atoms with Crippen LogP contribution in [0.5, 0.6) is 0 Å². The maximum Gasteiger partial charge on any atom is 0.238 e. The van der Waals surface area contributed by atoms with Crippen molar-refractivity contribution in [3.63, 3.8) is 0 Å². The van der Waals surface area contributed by atoms with Crippen molar-refractivity contribution in [1.29, 1.82) is 0 Å². The van der Waals surface area contributed by atoms with Gasteiger partial charge in [0.15, 0.2) is 0 Å². The molecule has 0 aliphatic heterocycles.